The van der Waals surface area contributed by atoms with Crippen molar-refractivity contribution in [3.05, 3.63) is 77.1 Å². The maximum absolute atomic E-state index is 13.1. The molecule has 1 saturated heterocycles. The van der Waals surface area contributed by atoms with Crippen LogP contribution >= 0.6 is 0 Å². The fraction of sp³-hybridized carbons (Fsp3) is 0.292. The first-order valence-electron chi connectivity index (χ1n) is 10.7. The molecule has 0 spiro atoms. The van der Waals surface area contributed by atoms with E-state index in [9.17, 15) is 22.8 Å². The fourth-order valence-electron chi connectivity index (χ4n) is 4.75. The van der Waals surface area contributed by atoms with Crippen LogP contribution in [0.15, 0.2) is 54.7 Å². The number of amides is 1. The third kappa shape index (κ3) is 3.78. The van der Waals surface area contributed by atoms with Crippen LogP contribution in [-0.2, 0) is 10.9 Å². The van der Waals surface area contributed by atoms with E-state index in [2.05, 4.69) is 5.10 Å². The van der Waals surface area contributed by atoms with E-state index < -0.39 is 35.5 Å². The molecule has 0 radical (unpaired) electrons. The van der Waals surface area contributed by atoms with E-state index in [-0.39, 0.29) is 25.6 Å². The zero-order valence-electron chi connectivity index (χ0n) is 17.8. The van der Waals surface area contributed by atoms with Crippen LogP contribution in [0.5, 0.6) is 0 Å². The maximum atomic E-state index is 13.1. The Balaban J connectivity index is 1.27. The summed E-state index contributed by atoms with van der Waals surface area (Å²) >= 11 is 0. The largest absolute Gasteiger partial charge is 0.478 e. The molecule has 176 valence electrons. The number of carbonyl (C=O) groups excluding carboxylic acids is 1. The Labute approximate surface area is 192 Å². The minimum Gasteiger partial charge on any atom is -0.478 e. The molecule has 1 aliphatic heterocycles. The Morgan fingerprint density at radius 1 is 1.06 bits per heavy atom. The van der Waals surface area contributed by atoms with Crippen LogP contribution in [0.4, 0.5) is 18.0 Å². The summed E-state index contributed by atoms with van der Waals surface area (Å²) in [6, 6.07) is 15.3. The smallest absolute Gasteiger partial charge is 0.436 e. The lowest BCUT2D eigenvalue weighted by atomic mass is 9.98. The Kier molecular flexibility index (Phi) is 5.30. The van der Waals surface area contributed by atoms with Gasteiger partial charge in [0.2, 0.25) is 0 Å². The van der Waals surface area contributed by atoms with Crippen LogP contribution in [0.1, 0.15) is 45.6 Å². The highest BCUT2D eigenvalue weighted by Gasteiger charge is 2.41. The molecule has 2 aromatic carbocycles. The SMILES string of the molecule is O=C(O)c1cn(C2CCN(C(=O)OCC3c4ccccc4-c4ccccc43)C2)nc1C(F)(F)F. The third-order valence-electron chi connectivity index (χ3n) is 6.36. The van der Waals surface area contributed by atoms with Gasteiger partial charge in [-0.05, 0) is 28.7 Å². The minimum absolute atomic E-state index is 0.0781. The number of carboxylic acid groups (broad SMARTS) is 1. The fourth-order valence-corrected chi connectivity index (χ4v) is 4.75. The number of hydrogen-bond donors (Lipinski definition) is 1. The first-order valence-corrected chi connectivity index (χ1v) is 10.7. The van der Waals surface area contributed by atoms with E-state index in [4.69, 9.17) is 9.84 Å². The van der Waals surface area contributed by atoms with Gasteiger partial charge < -0.3 is 14.7 Å². The molecule has 2 aliphatic rings. The zero-order chi connectivity index (χ0) is 24.0. The number of likely N-dealkylation sites (tertiary alicyclic amines) is 1. The van der Waals surface area contributed by atoms with Crippen molar-refractivity contribution in [1.29, 1.82) is 0 Å². The van der Waals surface area contributed by atoms with E-state index in [1.807, 2.05) is 48.5 Å². The number of aromatic carboxylic acids is 1. The molecular formula is C24H20F3N3O4. The molecule has 1 unspecified atom stereocenters. The van der Waals surface area contributed by atoms with Crippen molar-refractivity contribution < 1.29 is 32.6 Å². The first kappa shape index (κ1) is 22.0. The summed E-state index contributed by atoms with van der Waals surface area (Å²) in [6.45, 7) is 0.483. The van der Waals surface area contributed by atoms with Crippen molar-refractivity contribution in [2.75, 3.05) is 19.7 Å². The summed E-state index contributed by atoms with van der Waals surface area (Å²) in [5, 5.41) is 12.6. The lowest BCUT2D eigenvalue weighted by Crippen LogP contribution is -2.31. The van der Waals surface area contributed by atoms with Gasteiger partial charge in [0.25, 0.3) is 0 Å². The number of alkyl halides is 3. The molecule has 0 bridgehead atoms. The molecule has 2 heterocycles. The highest BCUT2D eigenvalue weighted by molar-refractivity contribution is 5.88. The zero-order valence-corrected chi connectivity index (χ0v) is 17.8. The Bertz CT molecular complexity index is 1220. The summed E-state index contributed by atoms with van der Waals surface area (Å²) in [5.41, 5.74) is 2.01. The molecule has 1 atom stereocenters. The number of ether oxygens (including phenoxy) is 1. The molecule has 5 rings (SSSR count). The van der Waals surface area contributed by atoms with Gasteiger partial charge in [-0.15, -0.1) is 0 Å². The number of carbonyl (C=O) groups is 2. The summed E-state index contributed by atoms with van der Waals surface area (Å²) in [4.78, 5) is 25.4. The van der Waals surface area contributed by atoms with Crippen LogP contribution in [0.25, 0.3) is 11.1 Å². The molecule has 10 heteroatoms. The van der Waals surface area contributed by atoms with E-state index in [0.29, 0.717) is 6.42 Å². The second kappa shape index (κ2) is 8.19. The van der Waals surface area contributed by atoms with Gasteiger partial charge in [0.05, 0.1) is 6.04 Å². The van der Waals surface area contributed by atoms with Crippen molar-refractivity contribution >= 4 is 12.1 Å². The summed E-state index contributed by atoms with van der Waals surface area (Å²) in [7, 11) is 0. The normalized spacial score (nSPS) is 17.5. The number of aromatic nitrogens is 2. The van der Waals surface area contributed by atoms with Gasteiger partial charge in [-0.25, -0.2) is 9.59 Å². The van der Waals surface area contributed by atoms with Crippen molar-refractivity contribution in [1.82, 2.24) is 14.7 Å². The topological polar surface area (TPSA) is 84.7 Å². The maximum Gasteiger partial charge on any atom is 0.436 e. The van der Waals surface area contributed by atoms with E-state index in [1.165, 1.54) is 4.90 Å². The minimum atomic E-state index is -4.88. The first-order chi connectivity index (χ1) is 16.2. The molecule has 3 aromatic rings. The second-order valence-corrected chi connectivity index (χ2v) is 8.37. The molecular weight excluding hydrogens is 451 g/mol. The number of rotatable bonds is 4. The van der Waals surface area contributed by atoms with Crippen LogP contribution in [-0.4, -0.2) is 51.5 Å². The lowest BCUT2D eigenvalue weighted by Gasteiger charge is -2.19. The summed E-state index contributed by atoms with van der Waals surface area (Å²) in [6.07, 6.45) is -4.24. The molecule has 1 aliphatic carbocycles. The Morgan fingerprint density at radius 2 is 1.68 bits per heavy atom. The van der Waals surface area contributed by atoms with Crippen LogP contribution in [0, 0.1) is 0 Å². The highest BCUT2D eigenvalue weighted by atomic mass is 19.4. The number of fused-ring (bicyclic) bond motifs is 3. The molecule has 0 saturated carbocycles. The van der Waals surface area contributed by atoms with Gasteiger partial charge in [-0.3, -0.25) is 4.68 Å². The quantitative estimate of drug-likeness (QED) is 0.591. The Hall–Kier alpha value is -3.82. The molecule has 7 nitrogen and oxygen atoms in total. The monoisotopic (exact) mass is 471 g/mol. The van der Waals surface area contributed by atoms with Gasteiger partial charge in [0.1, 0.15) is 12.2 Å². The van der Waals surface area contributed by atoms with Gasteiger partial charge in [-0.1, -0.05) is 48.5 Å². The lowest BCUT2D eigenvalue weighted by molar-refractivity contribution is -0.142. The van der Waals surface area contributed by atoms with Gasteiger partial charge in [0, 0.05) is 25.2 Å². The van der Waals surface area contributed by atoms with Crippen LogP contribution < -0.4 is 0 Å². The number of carboxylic acids is 1. The van der Waals surface area contributed by atoms with Gasteiger partial charge >= 0.3 is 18.2 Å². The van der Waals surface area contributed by atoms with Gasteiger partial charge in [-0.2, -0.15) is 18.3 Å². The summed E-state index contributed by atoms with van der Waals surface area (Å²) < 4.78 is 46.1. The molecule has 1 aromatic heterocycles. The van der Waals surface area contributed by atoms with Gasteiger partial charge in [0.15, 0.2) is 5.69 Å². The molecule has 34 heavy (non-hydrogen) atoms. The van der Waals surface area contributed by atoms with Crippen molar-refractivity contribution in [2.24, 2.45) is 0 Å². The molecule has 1 amide bonds. The standard InChI is InChI=1S/C24H20F3N3O4/c25-24(26,27)21-19(22(31)32)12-30(28-21)14-9-10-29(11-14)23(33)34-13-20-17-7-3-1-5-15(17)16-6-2-4-8-18(16)20/h1-8,12,14,20H,9-11,13H2,(H,31,32). The second-order valence-electron chi connectivity index (χ2n) is 8.37. The number of nitrogens with zero attached hydrogens (tertiary/aromatic N) is 3. The predicted molar refractivity (Wildman–Crippen MR) is 114 cm³/mol. The van der Waals surface area contributed by atoms with E-state index in [0.717, 1.165) is 33.1 Å². The van der Waals surface area contributed by atoms with E-state index >= 15 is 0 Å². The number of hydrogen-bond acceptors (Lipinski definition) is 4. The van der Waals surface area contributed by atoms with Crippen LogP contribution in [0.2, 0.25) is 0 Å². The third-order valence-corrected chi connectivity index (χ3v) is 6.36. The van der Waals surface area contributed by atoms with Crippen molar-refractivity contribution in [2.45, 2.75) is 24.6 Å². The average molecular weight is 471 g/mol. The van der Waals surface area contributed by atoms with Crippen LogP contribution in [0.3, 0.4) is 0 Å². The van der Waals surface area contributed by atoms with Crippen molar-refractivity contribution in [3.63, 3.8) is 0 Å². The predicted octanol–water partition coefficient (Wildman–Crippen LogP) is 4.80. The van der Waals surface area contributed by atoms with E-state index in [1.54, 1.807) is 0 Å². The number of benzene rings is 2. The van der Waals surface area contributed by atoms with Crippen molar-refractivity contribution in [3.8, 4) is 11.1 Å². The Morgan fingerprint density at radius 3 is 2.24 bits per heavy atom. The average Bonchev–Trinajstić information content (AvgIpc) is 3.53. The molecule has 1 N–H and O–H groups in total. The summed E-state index contributed by atoms with van der Waals surface area (Å²) in [5.74, 6) is -1.81. The highest BCUT2D eigenvalue weighted by Crippen LogP contribution is 2.44. The number of halogens is 3. The molecule has 1 fully saturated rings.